The Morgan fingerprint density at radius 1 is 1.38 bits per heavy atom. The van der Waals surface area contributed by atoms with Gasteiger partial charge in [0.05, 0.1) is 12.1 Å². The molecule has 16 heavy (non-hydrogen) atoms. The molecule has 0 saturated heterocycles. The topological polar surface area (TPSA) is 35.2 Å². The van der Waals surface area contributed by atoms with Gasteiger partial charge < -0.3 is 10.5 Å². The second-order valence-electron chi connectivity index (χ2n) is 3.82. The summed E-state index contributed by atoms with van der Waals surface area (Å²) in [6.07, 6.45) is -0.424. The van der Waals surface area contributed by atoms with Crippen molar-refractivity contribution >= 4 is 23.2 Å². The largest absolute Gasteiger partial charge is 0.495 e. The van der Waals surface area contributed by atoms with Crippen molar-refractivity contribution in [1.29, 1.82) is 0 Å². The molecular weight excluding hydrogens is 259 g/mol. The van der Waals surface area contributed by atoms with Gasteiger partial charge >= 0.3 is 0 Å². The molecule has 0 heterocycles. The number of methoxy groups -OCH3 is 1. The van der Waals surface area contributed by atoms with Gasteiger partial charge in [0, 0.05) is 17.0 Å². The Kier molecular flexibility index (Phi) is 2.57. The maximum absolute atomic E-state index is 13.2. The molecule has 1 aromatic carbocycles. The number of halogens is 4. The van der Waals surface area contributed by atoms with Crippen LogP contribution in [-0.2, 0) is 5.54 Å². The molecule has 1 saturated carbocycles. The molecular formula is C10H9Cl2F2NO. The molecule has 1 aliphatic carbocycles. The van der Waals surface area contributed by atoms with E-state index in [0.717, 1.165) is 0 Å². The Labute approximate surface area is 101 Å². The van der Waals surface area contributed by atoms with E-state index in [1.54, 1.807) is 0 Å². The Morgan fingerprint density at radius 2 is 1.94 bits per heavy atom. The summed E-state index contributed by atoms with van der Waals surface area (Å²) in [5, 5.41) is 0.436. The van der Waals surface area contributed by atoms with Crippen LogP contribution in [0, 0.1) is 0 Å². The van der Waals surface area contributed by atoms with E-state index in [-0.39, 0.29) is 21.4 Å². The summed E-state index contributed by atoms with van der Waals surface area (Å²) >= 11 is 11.6. The van der Waals surface area contributed by atoms with Gasteiger partial charge in [-0.3, -0.25) is 0 Å². The lowest BCUT2D eigenvalue weighted by Gasteiger charge is -2.16. The molecule has 2 nitrogen and oxygen atoms in total. The van der Waals surface area contributed by atoms with E-state index in [9.17, 15) is 8.78 Å². The number of hydrogen-bond acceptors (Lipinski definition) is 2. The van der Waals surface area contributed by atoms with Crippen LogP contribution >= 0.6 is 23.2 Å². The summed E-state index contributed by atoms with van der Waals surface area (Å²) in [4.78, 5) is 0. The van der Waals surface area contributed by atoms with Gasteiger partial charge in [-0.25, -0.2) is 8.78 Å². The monoisotopic (exact) mass is 267 g/mol. The van der Waals surface area contributed by atoms with Crippen molar-refractivity contribution in [1.82, 2.24) is 0 Å². The van der Waals surface area contributed by atoms with Crippen molar-refractivity contribution in [3.05, 3.63) is 27.7 Å². The molecule has 1 aliphatic rings. The van der Waals surface area contributed by atoms with E-state index in [0.29, 0.717) is 0 Å². The van der Waals surface area contributed by atoms with Gasteiger partial charge in [-0.15, -0.1) is 0 Å². The normalized spacial score (nSPS) is 26.6. The first-order valence-corrected chi connectivity index (χ1v) is 5.27. The van der Waals surface area contributed by atoms with Crippen LogP contribution < -0.4 is 10.5 Å². The fourth-order valence-corrected chi connectivity index (χ4v) is 2.27. The Bertz CT molecular complexity index is 453. The van der Waals surface area contributed by atoms with Crippen molar-refractivity contribution < 1.29 is 13.5 Å². The van der Waals surface area contributed by atoms with Gasteiger partial charge in [0.1, 0.15) is 11.3 Å². The van der Waals surface area contributed by atoms with Gasteiger partial charge in [-0.05, 0) is 12.1 Å². The van der Waals surface area contributed by atoms with Crippen LogP contribution in [-0.4, -0.2) is 13.0 Å². The Balaban J connectivity index is 2.57. The molecule has 0 radical (unpaired) electrons. The first-order valence-electron chi connectivity index (χ1n) is 4.52. The summed E-state index contributed by atoms with van der Waals surface area (Å²) in [7, 11) is 1.35. The first-order chi connectivity index (χ1) is 7.32. The van der Waals surface area contributed by atoms with Crippen molar-refractivity contribution in [3.8, 4) is 5.75 Å². The standard InChI is InChI=1S/C10H9Cl2F2NO/c1-16-8-6(2-5(11)3-7(8)12)9(15)4-10(9,13)14/h2-3H,4,15H2,1H3. The highest BCUT2D eigenvalue weighted by atomic mass is 35.5. The van der Waals surface area contributed by atoms with E-state index in [2.05, 4.69) is 0 Å². The number of ether oxygens (including phenoxy) is 1. The average molecular weight is 268 g/mol. The Morgan fingerprint density at radius 3 is 2.38 bits per heavy atom. The minimum Gasteiger partial charge on any atom is -0.495 e. The fourth-order valence-electron chi connectivity index (χ4n) is 1.70. The third-order valence-corrected chi connectivity index (χ3v) is 3.22. The van der Waals surface area contributed by atoms with Gasteiger partial charge in [0.25, 0.3) is 5.92 Å². The van der Waals surface area contributed by atoms with Gasteiger partial charge in [0.2, 0.25) is 0 Å². The quantitative estimate of drug-likeness (QED) is 0.893. The van der Waals surface area contributed by atoms with E-state index in [4.69, 9.17) is 33.7 Å². The molecule has 0 amide bonds. The van der Waals surface area contributed by atoms with E-state index < -0.39 is 17.9 Å². The predicted molar refractivity (Wildman–Crippen MR) is 58.4 cm³/mol. The van der Waals surface area contributed by atoms with Crippen LogP contribution in [0.2, 0.25) is 10.0 Å². The van der Waals surface area contributed by atoms with E-state index in [1.165, 1.54) is 19.2 Å². The zero-order valence-electron chi connectivity index (χ0n) is 8.36. The molecule has 1 aromatic rings. The van der Waals surface area contributed by atoms with Crippen molar-refractivity contribution in [2.45, 2.75) is 17.9 Å². The van der Waals surface area contributed by atoms with Crippen LogP contribution in [0.1, 0.15) is 12.0 Å². The lowest BCUT2D eigenvalue weighted by atomic mass is 10.0. The number of alkyl halides is 2. The molecule has 0 aliphatic heterocycles. The number of benzene rings is 1. The summed E-state index contributed by atoms with van der Waals surface area (Å²) < 4.78 is 31.3. The second-order valence-corrected chi connectivity index (χ2v) is 4.66. The lowest BCUT2D eigenvalue weighted by Crippen LogP contribution is -2.27. The molecule has 2 N–H and O–H groups in total. The second kappa shape index (κ2) is 3.45. The molecule has 6 heteroatoms. The third-order valence-electron chi connectivity index (χ3n) is 2.72. The zero-order valence-corrected chi connectivity index (χ0v) is 9.87. The number of hydrogen-bond donors (Lipinski definition) is 1. The molecule has 0 bridgehead atoms. The van der Waals surface area contributed by atoms with Crippen LogP contribution in [0.3, 0.4) is 0 Å². The average Bonchev–Trinajstić information content (AvgIpc) is 2.66. The molecule has 0 spiro atoms. The summed E-state index contributed by atoms with van der Waals surface area (Å²) in [6, 6.07) is 2.79. The zero-order chi connectivity index (χ0) is 12.1. The molecule has 1 fully saturated rings. The van der Waals surface area contributed by atoms with Crippen LogP contribution in [0.5, 0.6) is 5.75 Å². The smallest absolute Gasteiger partial charge is 0.272 e. The highest BCUT2D eigenvalue weighted by molar-refractivity contribution is 6.35. The Hall–Kier alpha value is -0.580. The van der Waals surface area contributed by atoms with Gasteiger partial charge in [-0.2, -0.15) is 0 Å². The lowest BCUT2D eigenvalue weighted by molar-refractivity contribution is 0.0884. The van der Waals surface area contributed by atoms with Crippen LogP contribution in [0.15, 0.2) is 12.1 Å². The number of nitrogens with two attached hydrogens (primary N) is 1. The molecule has 0 aromatic heterocycles. The number of rotatable bonds is 2. The van der Waals surface area contributed by atoms with Crippen LogP contribution in [0.25, 0.3) is 0 Å². The maximum atomic E-state index is 13.2. The predicted octanol–water partition coefficient (Wildman–Crippen LogP) is 3.20. The maximum Gasteiger partial charge on any atom is 0.272 e. The molecule has 88 valence electrons. The summed E-state index contributed by atoms with van der Waals surface area (Å²) in [5.74, 6) is -2.78. The summed E-state index contributed by atoms with van der Waals surface area (Å²) in [5.41, 5.74) is 4.05. The van der Waals surface area contributed by atoms with Crippen LogP contribution in [0.4, 0.5) is 8.78 Å². The molecule has 1 atom stereocenters. The minimum absolute atomic E-state index is 0.150. The molecule has 1 unspecified atom stereocenters. The van der Waals surface area contributed by atoms with Gasteiger partial charge in [0.15, 0.2) is 0 Å². The van der Waals surface area contributed by atoms with Crippen molar-refractivity contribution in [2.75, 3.05) is 7.11 Å². The third kappa shape index (κ3) is 1.56. The molecule has 2 rings (SSSR count). The first kappa shape index (κ1) is 11.9. The highest BCUT2D eigenvalue weighted by Crippen LogP contribution is 2.60. The SMILES string of the molecule is COc1c(Cl)cc(Cl)cc1C1(N)CC1(F)F. The minimum atomic E-state index is -2.94. The van der Waals surface area contributed by atoms with Crippen molar-refractivity contribution in [2.24, 2.45) is 5.73 Å². The summed E-state index contributed by atoms with van der Waals surface area (Å²) in [6.45, 7) is 0. The fraction of sp³-hybridized carbons (Fsp3) is 0.400. The van der Waals surface area contributed by atoms with E-state index >= 15 is 0 Å². The van der Waals surface area contributed by atoms with Gasteiger partial charge in [-0.1, -0.05) is 23.2 Å². The highest BCUT2D eigenvalue weighted by Gasteiger charge is 2.71. The van der Waals surface area contributed by atoms with E-state index in [1.807, 2.05) is 0 Å². The van der Waals surface area contributed by atoms with Crippen molar-refractivity contribution in [3.63, 3.8) is 0 Å².